The number of aliphatic hydroxyl groups excluding tert-OH is 2. The Balaban J connectivity index is 1.46. The minimum absolute atomic E-state index is 0.0813. The lowest BCUT2D eigenvalue weighted by Gasteiger charge is -2.38. The second-order valence-corrected chi connectivity index (χ2v) is 16.3. The van der Waals surface area contributed by atoms with Crippen LogP contribution in [0.4, 0.5) is 20.1 Å². The lowest BCUT2D eigenvalue weighted by atomic mass is 9.99. The van der Waals surface area contributed by atoms with Crippen LogP contribution in [0.25, 0.3) is 0 Å². The number of nitrogens with one attached hydrogen (secondary N) is 4. The highest BCUT2D eigenvalue weighted by Crippen LogP contribution is 2.36. The molecule has 330 valence electrons. The normalized spacial score (nSPS) is 20.6. The summed E-state index contributed by atoms with van der Waals surface area (Å²) in [5.41, 5.74) is 5.73. The molecule has 20 heteroatoms. The van der Waals surface area contributed by atoms with E-state index in [1.165, 1.54) is 35.7 Å². The summed E-state index contributed by atoms with van der Waals surface area (Å²) in [4.78, 5) is 82.7. The van der Waals surface area contributed by atoms with Crippen LogP contribution >= 0.6 is 11.8 Å². The molecule has 2 aliphatic rings. The number of unbranched alkanes of at least 4 members (excludes halogenated alkanes) is 3. The SMILES string of the molecule is CCCCCCC(=O)N[C@H](C(=O)N[C@@H](CCCNC(N)=O)C(=O)Nc1ccc(COC(=O)N(C)CCN(C)C(=O)OC[C@H]2O[C@@H]3SC(C)=N[C@@H]3[C@@H](O)[C@@H]2O)cc1)C(C)C. The van der Waals surface area contributed by atoms with Gasteiger partial charge in [0.05, 0.1) is 5.04 Å². The molecule has 7 atom stereocenters. The number of amides is 7. The molecule has 19 nitrogen and oxygen atoms in total. The highest BCUT2D eigenvalue weighted by Gasteiger charge is 2.48. The average molecular weight is 851 g/mol. The van der Waals surface area contributed by atoms with E-state index in [4.69, 9.17) is 19.9 Å². The molecule has 7 amide bonds. The van der Waals surface area contributed by atoms with Crippen molar-refractivity contribution in [3.63, 3.8) is 0 Å². The predicted octanol–water partition coefficient (Wildman–Crippen LogP) is 2.29. The van der Waals surface area contributed by atoms with Gasteiger partial charge in [-0.25, -0.2) is 14.4 Å². The molecule has 8 N–H and O–H groups in total. The number of carbonyl (C=O) groups excluding carboxylic acids is 6. The number of anilines is 1. The molecule has 0 aliphatic carbocycles. The van der Waals surface area contributed by atoms with Crippen molar-refractivity contribution in [1.29, 1.82) is 0 Å². The van der Waals surface area contributed by atoms with Crippen LogP contribution in [0.3, 0.4) is 0 Å². The summed E-state index contributed by atoms with van der Waals surface area (Å²) in [6.07, 6.45) is -0.199. The number of urea groups is 1. The molecule has 0 saturated carbocycles. The molecule has 0 radical (unpaired) electrons. The summed E-state index contributed by atoms with van der Waals surface area (Å²) in [5, 5.41) is 32.4. The molecule has 1 fully saturated rings. The summed E-state index contributed by atoms with van der Waals surface area (Å²) in [7, 11) is 3.00. The number of nitrogens with zero attached hydrogens (tertiary/aromatic N) is 3. The summed E-state index contributed by atoms with van der Waals surface area (Å²) < 4.78 is 16.5. The van der Waals surface area contributed by atoms with Crippen LogP contribution in [0.15, 0.2) is 29.3 Å². The summed E-state index contributed by atoms with van der Waals surface area (Å²) in [5.74, 6) is -1.49. The van der Waals surface area contributed by atoms with Gasteiger partial charge >= 0.3 is 18.2 Å². The van der Waals surface area contributed by atoms with Gasteiger partial charge in [-0.1, -0.05) is 63.9 Å². The maximum absolute atomic E-state index is 13.4. The Kier molecular flexibility index (Phi) is 20.2. The quantitative estimate of drug-likeness (QED) is 0.0830. The van der Waals surface area contributed by atoms with E-state index in [-0.39, 0.29) is 51.1 Å². The van der Waals surface area contributed by atoms with Crippen molar-refractivity contribution in [2.24, 2.45) is 16.6 Å². The Morgan fingerprint density at radius 2 is 1.58 bits per heavy atom. The van der Waals surface area contributed by atoms with E-state index >= 15 is 0 Å². The average Bonchev–Trinajstić information content (AvgIpc) is 3.58. The lowest BCUT2D eigenvalue weighted by Crippen LogP contribution is -2.56. The fourth-order valence-electron chi connectivity index (χ4n) is 6.15. The first kappa shape index (κ1) is 48.7. The van der Waals surface area contributed by atoms with Gasteiger partial charge in [0.15, 0.2) is 0 Å². The molecular weight excluding hydrogens is 789 g/mol. The van der Waals surface area contributed by atoms with Crippen LogP contribution in [0, 0.1) is 5.92 Å². The smallest absolute Gasteiger partial charge is 0.409 e. The molecule has 59 heavy (non-hydrogen) atoms. The minimum atomic E-state index is -1.28. The van der Waals surface area contributed by atoms with Crippen molar-refractivity contribution in [2.45, 2.75) is 121 Å². The fraction of sp³-hybridized carbons (Fsp3) is 0.667. The van der Waals surface area contributed by atoms with Crippen molar-refractivity contribution in [1.82, 2.24) is 25.8 Å². The van der Waals surface area contributed by atoms with Crippen LogP contribution in [0.1, 0.15) is 78.2 Å². The maximum Gasteiger partial charge on any atom is 0.409 e. The van der Waals surface area contributed by atoms with Gasteiger partial charge in [-0.3, -0.25) is 19.4 Å². The Labute approximate surface area is 349 Å². The van der Waals surface area contributed by atoms with Gasteiger partial charge in [0.1, 0.15) is 55.1 Å². The zero-order chi connectivity index (χ0) is 43.6. The Morgan fingerprint density at radius 3 is 2.20 bits per heavy atom. The van der Waals surface area contributed by atoms with Gasteiger partial charge in [0.25, 0.3) is 0 Å². The maximum atomic E-state index is 13.4. The molecule has 0 aromatic heterocycles. The molecule has 3 rings (SSSR count). The van der Waals surface area contributed by atoms with Crippen LogP contribution in [-0.2, 0) is 35.2 Å². The second kappa shape index (κ2) is 24.4. The van der Waals surface area contributed by atoms with Gasteiger partial charge in [-0.15, -0.1) is 0 Å². The lowest BCUT2D eigenvalue weighted by molar-refractivity contribution is -0.165. The summed E-state index contributed by atoms with van der Waals surface area (Å²) >= 11 is 1.34. The van der Waals surface area contributed by atoms with E-state index in [1.807, 2.05) is 0 Å². The highest BCUT2D eigenvalue weighted by molar-refractivity contribution is 8.14. The summed E-state index contributed by atoms with van der Waals surface area (Å²) in [6, 6.07) is 3.41. The number of likely N-dealkylation sites (N-methyl/N-ethyl adjacent to an activating group) is 2. The number of benzene rings is 1. The third-order valence-corrected chi connectivity index (χ3v) is 10.8. The van der Waals surface area contributed by atoms with E-state index < -0.39 is 71.9 Å². The van der Waals surface area contributed by atoms with Crippen molar-refractivity contribution >= 4 is 58.4 Å². The zero-order valence-corrected chi connectivity index (χ0v) is 35.6. The Hall–Kier alpha value is -4.66. The molecule has 0 unspecified atom stereocenters. The van der Waals surface area contributed by atoms with Gasteiger partial charge in [0, 0.05) is 45.8 Å². The van der Waals surface area contributed by atoms with Crippen LogP contribution in [0.2, 0.25) is 0 Å². The number of nitrogens with two attached hydrogens (primary N) is 1. The predicted molar refractivity (Wildman–Crippen MR) is 221 cm³/mol. The molecule has 0 bridgehead atoms. The number of ether oxygens (including phenoxy) is 3. The van der Waals surface area contributed by atoms with Crippen LogP contribution < -0.4 is 27.0 Å². The Morgan fingerprint density at radius 1 is 0.915 bits per heavy atom. The first-order valence-electron chi connectivity index (χ1n) is 20.0. The third-order valence-electron chi connectivity index (χ3n) is 9.76. The van der Waals surface area contributed by atoms with Gasteiger partial charge < -0.3 is 61.2 Å². The largest absolute Gasteiger partial charge is 0.447 e. The van der Waals surface area contributed by atoms with Crippen LogP contribution in [-0.4, -0.2) is 143 Å². The van der Waals surface area contributed by atoms with E-state index in [0.29, 0.717) is 24.1 Å². The van der Waals surface area contributed by atoms with E-state index in [1.54, 1.807) is 45.0 Å². The second-order valence-electron chi connectivity index (χ2n) is 15.0. The molecule has 1 aromatic rings. The van der Waals surface area contributed by atoms with Crippen molar-refractivity contribution in [3.05, 3.63) is 29.8 Å². The number of thioether (sulfide) groups is 1. The molecule has 1 saturated heterocycles. The molecular formula is C39H62N8O11S. The third kappa shape index (κ3) is 16.1. The topological polar surface area (TPSA) is 264 Å². The number of carbonyl (C=O) groups is 6. The molecule has 2 aliphatic heterocycles. The van der Waals surface area contributed by atoms with Gasteiger partial charge in [-0.05, 0) is 49.8 Å². The van der Waals surface area contributed by atoms with Crippen molar-refractivity contribution in [2.75, 3.05) is 45.7 Å². The standard InChI is InChI=1S/C39H62N8O11S/c1-7-8-9-10-13-29(48)45-30(23(2)3)35(52)44-27(12-11-18-41-37(40)53)34(51)43-26-16-14-25(15-17-26)21-56-38(54)46(5)19-20-47(6)39(55)57-22-28-32(49)33(50)31-36(58-28)59-24(4)42-31/h14-17,23,27-28,30-33,36,49-50H,7-13,18-22H2,1-6H3,(H,43,51)(H,44,52)(H,45,48)(H3,40,41,53)/t27-,28+,30-,31+,32+,33+,36+/m0/s1. The number of aliphatic imine (C=N–C) groups is 1. The molecule has 0 spiro atoms. The monoisotopic (exact) mass is 850 g/mol. The number of hydrogen-bond acceptors (Lipinski definition) is 13. The molecule has 1 aromatic carbocycles. The first-order valence-corrected chi connectivity index (χ1v) is 20.9. The fourth-order valence-corrected chi connectivity index (χ4v) is 7.23. The number of fused-ring (bicyclic) bond motifs is 1. The van der Waals surface area contributed by atoms with E-state index in [2.05, 4.69) is 33.2 Å². The van der Waals surface area contributed by atoms with Crippen molar-refractivity contribution in [3.8, 4) is 0 Å². The first-order chi connectivity index (χ1) is 28.0. The van der Waals surface area contributed by atoms with Crippen LogP contribution in [0.5, 0.6) is 0 Å². The summed E-state index contributed by atoms with van der Waals surface area (Å²) in [6.45, 7) is 7.53. The van der Waals surface area contributed by atoms with Gasteiger partial charge in [-0.2, -0.15) is 0 Å². The number of rotatable bonds is 22. The number of hydrogen-bond donors (Lipinski definition) is 7. The Bertz CT molecular complexity index is 1600. The number of aliphatic hydroxyl groups is 2. The van der Waals surface area contributed by atoms with Gasteiger partial charge in [0.2, 0.25) is 17.7 Å². The highest BCUT2D eigenvalue weighted by atomic mass is 32.2. The van der Waals surface area contributed by atoms with E-state index in [0.717, 1.165) is 30.7 Å². The van der Waals surface area contributed by atoms with Crippen molar-refractivity contribution < 1.29 is 53.2 Å². The zero-order valence-electron chi connectivity index (χ0n) is 34.8. The number of primary amides is 1. The minimum Gasteiger partial charge on any atom is -0.447 e. The molecule has 2 heterocycles. The van der Waals surface area contributed by atoms with E-state index in [9.17, 15) is 39.0 Å².